The van der Waals surface area contributed by atoms with E-state index in [1.165, 1.54) is 41.2 Å². The maximum absolute atomic E-state index is 13.0. The highest BCUT2D eigenvalue weighted by Crippen LogP contribution is 2.24. The van der Waals surface area contributed by atoms with E-state index in [-0.39, 0.29) is 31.1 Å². The molecule has 0 aliphatic carbocycles. The molecule has 10 nitrogen and oxygen atoms in total. The van der Waals surface area contributed by atoms with Gasteiger partial charge in [0.15, 0.2) is 0 Å². The highest BCUT2D eigenvalue weighted by Gasteiger charge is 2.39. The number of ether oxygens (including phenoxy) is 1. The average Bonchev–Trinajstić information content (AvgIpc) is 3.43. The van der Waals surface area contributed by atoms with E-state index in [9.17, 15) is 19.1 Å². The lowest BCUT2D eigenvalue weighted by Crippen LogP contribution is -2.50. The molecule has 1 unspecified atom stereocenters. The Morgan fingerprint density at radius 1 is 1.24 bits per heavy atom. The fourth-order valence-electron chi connectivity index (χ4n) is 3.65. The molecule has 4 rings (SSSR count). The van der Waals surface area contributed by atoms with Crippen LogP contribution in [0, 0.1) is 5.82 Å². The van der Waals surface area contributed by atoms with Gasteiger partial charge in [-0.05, 0) is 36.2 Å². The van der Waals surface area contributed by atoms with Gasteiger partial charge in [-0.1, -0.05) is 17.3 Å². The van der Waals surface area contributed by atoms with E-state index in [0.717, 1.165) is 0 Å². The average molecular weight is 455 g/mol. The highest BCUT2D eigenvalue weighted by atomic mass is 19.1. The Morgan fingerprint density at radius 2 is 2.03 bits per heavy atom. The standard InChI is InChI=1S/C22H22FN5O5/c23-16-4-1-14(2-5-16)19(29)12-28-11-18(26-27-28)15-3-6-17(24-10-15)21(32)25-22(9-20(30)31)7-8-33-13-22/h1-6,10-11,19,29H,7-9,12-13H2,(H,25,32)(H,30,31)/t19-,22?/m0/s1. The van der Waals surface area contributed by atoms with Crippen molar-refractivity contribution in [3.05, 3.63) is 65.9 Å². The number of carbonyl (C=O) groups excluding carboxylic acids is 1. The van der Waals surface area contributed by atoms with Gasteiger partial charge in [-0.2, -0.15) is 0 Å². The normalized spacial score (nSPS) is 18.7. The van der Waals surface area contributed by atoms with E-state index in [1.807, 2.05) is 0 Å². The first-order chi connectivity index (χ1) is 15.8. The summed E-state index contributed by atoms with van der Waals surface area (Å²) in [4.78, 5) is 28.0. The molecule has 0 saturated carbocycles. The second-order valence-corrected chi connectivity index (χ2v) is 7.93. The Kier molecular flexibility index (Phi) is 6.43. The molecule has 0 radical (unpaired) electrons. The minimum atomic E-state index is -1.02. The number of carboxylic acid groups (broad SMARTS) is 1. The Bertz CT molecular complexity index is 1130. The van der Waals surface area contributed by atoms with Gasteiger partial charge in [-0.25, -0.2) is 9.07 Å². The zero-order chi connectivity index (χ0) is 23.4. The Labute approximate surface area is 188 Å². The molecular weight excluding hydrogens is 433 g/mol. The summed E-state index contributed by atoms with van der Waals surface area (Å²) in [5, 5.41) is 30.3. The van der Waals surface area contributed by atoms with Gasteiger partial charge in [0.2, 0.25) is 0 Å². The first-order valence-electron chi connectivity index (χ1n) is 10.3. The van der Waals surface area contributed by atoms with Gasteiger partial charge < -0.3 is 20.3 Å². The van der Waals surface area contributed by atoms with Gasteiger partial charge in [0, 0.05) is 18.4 Å². The number of hydrogen-bond donors (Lipinski definition) is 3. The SMILES string of the molecule is O=C(O)CC1(NC(=O)c2ccc(-c3cn(C[C@H](O)c4ccc(F)cc4)nn3)cn2)CCOC1. The molecule has 3 aromatic rings. The molecule has 1 aliphatic heterocycles. The highest BCUT2D eigenvalue weighted by molar-refractivity contribution is 5.93. The lowest BCUT2D eigenvalue weighted by atomic mass is 9.94. The zero-order valence-corrected chi connectivity index (χ0v) is 17.5. The van der Waals surface area contributed by atoms with Gasteiger partial charge in [0.1, 0.15) is 17.2 Å². The summed E-state index contributed by atoms with van der Waals surface area (Å²) in [5.74, 6) is -1.89. The summed E-state index contributed by atoms with van der Waals surface area (Å²) in [5.41, 5.74) is 0.844. The number of hydrogen-bond acceptors (Lipinski definition) is 7. The Morgan fingerprint density at radius 3 is 2.67 bits per heavy atom. The van der Waals surface area contributed by atoms with Crippen LogP contribution in [0.15, 0.2) is 48.8 Å². The van der Waals surface area contributed by atoms with Crippen LogP contribution >= 0.6 is 0 Å². The van der Waals surface area contributed by atoms with Gasteiger partial charge in [-0.3, -0.25) is 14.6 Å². The first kappa shape index (κ1) is 22.5. The second kappa shape index (κ2) is 9.43. The third-order valence-electron chi connectivity index (χ3n) is 5.42. The van der Waals surface area contributed by atoms with E-state index in [4.69, 9.17) is 9.84 Å². The van der Waals surface area contributed by atoms with E-state index in [1.54, 1.807) is 12.3 Å². The van der Waals surface area contributed by atoms with Crippen molar-refractivity contribution in [3.8, 4) is 11.3 Å². The van der Waals surface area contributed by atoms with Crippen LogP contribution in [0.1, 0.15) is 35.0 Å². The number of nitrogens with one attached hydrogen (secondary N) is 1. The number of amides is 1. The van der Waals surface area contributed by atoms with Crippen LogP contribution in [0.4, 0.5) is 4.39 Å². The van der Waals surface area contributed by atoms with Gasteiger partial charge in [-0.15, -0.1) is 5.10 Å². The molecule has 2 atom stereocenters. The summed E-state index contributed by atoms with van der Waals surface area (Å²) in [7, 11) is 0. The summed E-state index contributed by atoms with van der Waals surface area (Å²) in [6.45, 7) is 0.641. The lowest BCUT2D eigenvalue weighted by molar-refractivity contribution is -0.138. The molecule has 1 amide bonds. The van der Waals surface area contributed by atoms with E-state index in [0.29, 0.717) is 29.8 Å². The number of pyridine rings is 1. The second-order valence-electron chi connectivity index (χ2n) is 7.93. The van der Waals surface area contributed by atoms with Crippen LogP contribution in [0.3, 0.4) is 0 Å². The van der Waals surface area contributed by atoms with Crippen LogP contribution in [-0.2, 0) is 16.1 Å². The largest absolute Gasteiger partial charge is 0.481 e. The molecule has 33 heavy (non-hydrogen) atoms. The summed E-state index contributed by atoms with van der Waals surface area (Å²) in [6, 6.07) is 8.73. The number of rotatable bonds is 8. The minimum Gasteiger partial charge on any atom is -0.481 e. The van der Waals surface area contributed by atoms with E-state index < -0.39 is 23.5 Å². The number of carboxylic acids is 1. The summed E-state index contributed by atoms with van der Waals surface area (Å²) < 4.78 is 19.8. The van der Waals surface area contributed by atoms with Crippen LogP contribution in [-0.4, -0.2) is 60.8 Å². The molecule has 1 aromatic carbocycles. The van der Waals surface area contributed by atoms with Crippen molar-refractivity contribution >= 4 is 11.9 Å². The van der Waals surface area contributed by atoms with Crippen LogP contribution in [0.25, 0.3) is 11.3 Å². The van der Waals surface area contributed by atoms with Crippen molar-refractivity contribution in [3.63, 3.8) is 0 Å². The third kappa shape index (κ3) is 5.38. The van der Waals surface area contributed by atoms with Gasteiger partial charge in [0.05, 0.1) is 37.4 Å². The number of benzene rings is 1. The number of aliphatic hydroxyl groups is 1. The van der Waals surface area contributed by atoms with Crippen molar-refractivity contribution in [2.75, 3.05) is 13.2 Å². The van der Waals surface area contributed by atoms with Crippen molar-refractivity contribution < 1.29 is 28.9 Å². The van der Waals surface area contributed by atoms with Gasteiger partial charge in [0.25, 0.3) is 5.91 Å². The van der Waals surface area contributed by atoms with Crippen LogP contribution in [0.2, 0.25) is 0 Å². The molecule has 3 heterocycles. The van der Waals surface area contributed by atoms with Crippen molar-refractivity contribution in [1.82, 2.24) is 25.3 Å². The number of aliphatic hydroxyl groups excluding tert-OH is 1. The minimum absolute atomic E-state index is 0.125. The van der Waals surface area contributed by atoms with Gasteiger partial charge >= 0.3 is 5.97 Å². The maximum atomic E-state index is 13.0. The fraction of sp³-hybridized carbons (Fsp3) is 0.318. The molecular formula is C22H22FN5O5. The van der Waals surface area contributed by atoms with Crippen molar-refractivity contribution in [2.24, 2.45) is 0 Å². The molecule has 0 bridgehead atoms. The monoisotopic (exact) mass is 455 g/mol. The molecule has 172 valence electrons. The Balaban J connectivity index is 1.41. The predicted molar refractivity (Wildman–Crippen MR) is 112 cm³/mol. The summed E-state index contributed by atoms with van der Waals surface area (Å²) >= 11 is 0. The zero-order valence-electron chi connectivity index (χ0n) is 17.5. The lowest BCUT2D eigenvalue weighted by Gasteiger charge is -2.26. The molecule has 1 aliphatic rings. The smallest absolute Gasteiger partial charge is 0.305 e. The molecule has 1 saturated heterocycles. The molecule has 0 spiro atoms. The third-order valence-corrected chi connectivity index (χ3v) is 5.42. The van der Waals surface area contributed by atoms with Crippen LogP contribution < -0.4 is 5.32 Å². The van der Waals surface area contributed by atoms with E-state index >= 15 is 0 Å². The predicted octanol–water partition coefficient (Wildman–Crippen LogP) is 1.58. The Hall–Kier alpha value is -3.70. The summed E-state index contributed by atoms with van der Waals surface area (Å²) in [6.07, 6.45) is 2.39. The first-order valence-corrected chi connectivity index (χ1v) is 10.3. The van der Waals surface area contributed by atoms with Crippen molar-refractivity contribution in [2.45, 2.75) is 31.0 Å². The molecule has 2 aromatic heterocycles. The molecule has 3 N–H and O–H groups in total. The molecule has 11 heteroatoms. The number of nitrogens with zero attached hydrogens (tertiary/aromatic N) is 4. The number of aromatic nitrogens is 4. The van der Waals surface area contributed by atoms with Crippen LogP contribution in [0.5, 0.6) is 0 Å². The maximum Gasteiger partial charge on any atom is 0.305 e. The molecule has 1 fully saturated rings. The number of halogens is 1. The topological polar surface area (TPSA) is 139 Å². The number of carbonyl (C=O) groups is 2. The quantitative estimate of drug-likeness (QED) is 0.465. The van der Waals surface area contributed by atoms with Crippen molar-refractivity contribution in [1.29, 1.82) is 0 Å². The van der Waals surface area contributed by atoms with E-state index in [2.05, 4.69) is 20.6 Å². The number of aliphatic carboxylic acids is 1. The fourth-order valence-corrected chi connectivity index (χ4v) is 3.65.